The number of alkyl carbamates (subject to hydrolysis) is 1. The fourth-order valence-electron chi connectivity index (χ4n) is 5.02. The summed E-state index contributed by atoms with van der Waals surface area (Å²) in [6.07, 6.45) is -0.737. The predicted octanol–water partition coefficient (Wildman–Crippen LogP) is 4.31. The van der Waals surface area contributed by atoms with E-state index in [2.05, 4.69) is 16.0 Å². The second-order valence-electron chi connectivity index (χ2n) is 10.6. The molecule has 42 heavy (non-hydrogen) atoms. The molecule has 1 aliphatic rings. The van der Waals surface area contributed by atoms with Crippen LogP contribution in [0.2, 0.25) is 0 Å². The molecule has 4 rings (SSSR count). The van der Waals surface area contributed by atoms with Gasteiger partial charge < -0.3 is 25.8 Å². The van der Waals surface area contributed by atoms with Gasteiger partial charge in [-0.25, -0.2) is 9.59 Å². The zero-order valence-electron chi connectivity index (χ0n) is 23.8. The smallest absolute Gasteiger partial charge is 0.407 e. The minimum absolute atomic E-state index is 0.0550. The molecular formula is C32H35N3O6S. The first-order valence-corrected chi connectivity index (χ1v) is 14.6. The predicted molar refractivity (Wildman–Crippen MR) is 162 cm³/mol. The summed E-state index contributed by atoms with van der Waals surface area (Å²) in [7, 11) is 0. The number of carbonyl (C=O) groups is 4. The Morgan fingerprint density at radius 2 is 1.45 bits per heavy atom. The third-order valence-electron chi connectivity index (χ3n) is 7.23. The quantitative estimate of drug-likeness (QED) is 0.231. The Morgan fingerprint density at radius 1 is 0.881 bits per heavy atom. The maximum Gasteiger partial charge on any atom is 0.407 e. The van der Waals surface area contributed by atoms with E-state index < -0.39 is 34.8 Å². The molecule has 10 heteroatoms. The number of hydrogen-bond acceptors (Lipinski definition) is 6. The molecule has 9 nitrogen and oxygen atoms in total. The summed E-state index contributed by atoms with van der Waals surface area (Å²) in [4.78, 5) is 50.2. The Morgan fingerprint density at radius 3 is 2.02 bits per heavy atom. The zero-order chi connectivity index (χ0) is 30.3. The first kappa shape index (κ1) is 30.6. The minimum Gasteiger partial charge on any atom is -0.480 e. The van der Waals surface area contributed by atoms with E-state index in [1.54, 1.807) is 38.1 Å². The number of aliphatic carboxylic acids is 1. The van der Waals surface area contributed by atoms with Crippen molar-refractivity contribution < 1.29 is 29.0 Å². The Kier molecular flexibility index (Phi) is 9.90. The van der Waals surface area contributed by atoms with Gasteiger partial charge in [0.1, 0.15) is 18.7 Å². The van der Waals surface area contributed by atoms with Gasteiger partial charge in [-0.2, -0.15) is 0 Å². The highest BCUT2D eigenvalue weighted by Gasteiger charge is 2.39. The summed E-state index contributed by atoms with van der Waals surface area (Å²) in [5.41, 5.74) is 5.03. The first-order chi connectivity index (χ1) is 20.1. The molecule has 0 aliphatic heterocycles. The first-order valence-electron chi connectivity index (χ1n) is 13.6. The molecule has 0 fully saturated rings. The van der Waals surface area contributed by atoms with Crippen LogP contribution in [0.1, 0.15) is 43.4 Å². The number of thioether (sulfide) groups is 1. The molecule has 1 aliphatic carbocycles. The Bertz CT molecular complexity index is 1400. The Hall–Kier alpha value is -4.31. The van der Waals surface area contributed by atoms with Crippen molar-refractivity contribution in [1.82, 2.24) is 16.0 Å². The number of ether oxygens (including phenoxy) is 1. The lowest BCUT2D eigenvalue weighted by Crippen LogP contribution is -2.59. The lowest BCUT2D eigenvalue weighted by atomic mass is 9.98. The fourth-order valence-corrected chi connectivity index (χ4v) is 6.01. The maximum absolute atomic E-state index is 13.6. The van der Waals surface area contributed by atoms with Crippen molar-refractivity contribution in [1.29, 1.82) is 0 Å². The van der Waals surface area contributed by atoms with Crippen molar-refractivity contribution in [2.45, 2.75) is 49.9 Å². The van der Waals surface area contributed by atoms with Crippen molar-refractivity contribution >= 4 is 35.6 Å². The van der Waals surface area contributed by atoms with Gasteiger partial charge in [0.2, 0.25) is 11.8 Å². The van der Waals surface area contributed by atoms with Gasteiger partial charge in [0.15, 0.2) is 0 Å². The molecule has 0 aromatic heterocycles. The van der Waals surface area contributed by atoms with Crippen LogP contribution in [0.15, 0.2) is 78.9 Å². The standard InChI is InChI=1S/C32H35N3O6S/c1-20(36)33-19-42-32(2,3)28(29(37)34-27(30(38)39)17-21-11-5-4-6-12-21)35-31(40)41-18-26-24-15-9-7-13-22(24)23-14-8-10-16-25(23)26/h4-16,26-28H,17-19H2,1-3H3,(H,33,36)(H,34,37)(H,35,40)(H,38,39)/t27-,28+/m0/s1. The summed E-state index contributed by atoms with van der Waals surface area (Å²) < 4.78 is 4.73. The van der Waals surface area contributed by atoms with Gasteiger partial charge in [-0.1, -0.05) is 78.9 Å². The van der Waals surface area contributed by atoms with Gasteiger partial charge >= 0.3 is 12.1 Å². The number of benzene rings is 3. The van der Waals surface area contributed by atoms with Gasteiger partial charge in [-0.3, -0.25) is 9.59 Å². The van der Waals surface area contributed by atoms with E-state index in [1.165, 1.54) is 18.7 Å². The van der Waals surface area contributed by atoms with Gasteiger partial charge in [-0.15, -0.1) is 11.8 Å². The van der Waals surface area contributed by atoms with Crippen molar-refractivity contribution in [2.24, 2.45) is 0 Å². The number of hydrogen-bond donors (Lipinski definition) is 4. The highest BCUT2D eigenvalue weighted by Crippen LogP contribution is 2.44. The van der Waals surface area contributed by atoms with Crippen LogP contribution in [0.5, 0.6) is 0 Å². The SMILES string of the molecule is CC(=O)NCSC(C)(C)[C@H](NC(=O)OCC1c2ccccc2-c2ccccc21)C(=O)N[C@@H](Cc1ccccc1)C(=O)O. The molecule has 0 spiro atoms. The number of rotatable bonds is 12. The number of carboxylic acid groups (broad SMARTS) is 1. The van der Waals surface area contributed by atoms with Crippen molar-refractivity contribution in [3.63, 3.8) is 0 Å². The molecule has 4 N–H and O–H groups in total. The molecule has 0 saturated heterocycles. The van der Waals surface area contributed by atoms with Gasteiger partial charge in [-0.05, 0) is 41.7 Å². The third-order valence-corrected chi connectivity index (χ3v) is 8.49. The van der Waals surface area contributed by atoms with E-state index in [4.69, 9.17) is 4.74 Å². The maximum atomic E-state index is 13.6. The lowest BCUT2D eigenvalue weighted by molar-refractivity contribution is -0.142. The normalized spacial score (nSPS) is 13.7. The number of nitrogens with one attached hydrogen (secondary N) is 3. The Labute approximate surface area is 249 Å². The molecule has 0 heterocycles. The van der Waals surface area contributed by atoms with Crippen molar-refractivity contribution in [3.8, 4) is 11.1 Å². The number of amides is 3. The average Bonchev–Trinajstić information content (AvgIpc) is 3.28. The van der Waals surface area contributed by atoms with Crippen LogP contribution in [0.4, 0.5) is 4.79 Å². The lowest BCUT2D eigenvalue weighted by Gasteiger charge is -2.34. The molecule has 0 bridgehead atoms. The Balaban J connectivity index is 1.49. The second kappa shape index (κ2) is 13.6. The fraction of sp³-hybridized carbons (Fsp3) is 0.312. The van der Waals surface area contributed by atoms with E-state index in [1.807, 2.05) is 54.6 Å². The topological polar surface area (TPSA) is 134 Å². The highest BCUT2D eigenvalue weighted by molar-refractivity contribution is 8.00. The largest absolute Gasteiger partial charge is 0.480 e. The molecule has 2 atom stereocenters. The summed E-state index contributed by atoms with van der Waals surface area (Å²) in [6, 6.07) is 22.5. The summed E-state index contributed by atoms with van der Waals surface area (Å²) in [6.45, 7) is 4.91. The van der Waals surface area contributed by atoms with E-state index in [9.17, 15) is 24.3 Å². The van der Waals surface area contributed by atoms with E-state index in [0.29, 0.717) is 0 Å². The van der Waals surface area contributed by atoms with Gasteiger partial charge in [0.25, 0.3) is 0 Å². The van der Waals surface area contributed by atoms with Crippen molar-refractivity contribution in [3.05, 3.63) is 95.6 Å². The highest BCUT2D eigenvalue weighted by atomic mass is 32.2. The number of carboxylic acids is 1. The number of carbonyl (C=O) groups excluding carboxylic acids is 3. The van der Waals surface area contributed by atoms with Crippen LogP contribution >= 0.6 is 11.8 Å². The van der Waals surface area contributed by atoms with Gasteiger partial charge in [0.05, 0.1) is 5.88 Å². The molecule has 0 saturated carbocycles. The zero-order valence-corrected chi connectivity index (χ0v) is 24.6. The summed E-state index contributed by atoms with van der Waals surface area (Å²) >= 11 is 1.24. The van der Waals surface area contributed by atoms with E-state index >= 15 is 0 Å². The minimum atomic E-state index is -1.22. The second-order valence-corrected chi connectivity index (χ2v) is 12.2. The van der Waals surface area contributed by atoms with Crippen LogP contribution in [0.3, 0.4) is 0 Å². The summed E-state index contributed by atoms with van der Waals surface area (Å²) in [5.74, 6) is -2.09. The monoisotopic (exact) mass is 589 g/mol. The average molecular weight is 590 g/mol. The molecule has 3 aromatic carbocycles. The molecule has 3 aromatic rings. The van der Waals surface area contributed by atoms with Crippen LogP contribution in [-0.4, -0.2) is 58.3 Å². The van der Waals surface area contributed by atoms with Crippen LogP contribution in [0.25, 0.3) is 11.1 Å². The molecular weight excluding hydrogens is 554 g/mol. The van der Waals surface area contributed by atoms with Crippen molar-refractivity contribution in [2.75, 3.05) is 12.5 Å². The van der Waals surface area contributed by atoms with Crippen LogP contribution in [-0.2, 0) is 25.5 Å². The molecule has 0 unspecified atom stereocenters. The molecule has 220 valence electrons. The van der Waals surface area contributed by atoms with E-state index in [-0.39, 0.29) is 30.7 Å². The molecule has 3 amide bonds. The molecule has 0 radical (unpaired) electrons. The van der Waals surface area contributed by atoms with Crippen LogP contribution < -0.4 is 16.0 Å². The number of fused-ring (bicyclic) bond motifs is 3. The van der Waals surface area contributed by atoms with Crippen LogP contribution in [0, 0.1) is 0 Å². The summed E-state index contributed by atoms with van der Waals surface area (Å²) in [5, 5.41) is 17.8. The van der Waals surface area contributed by atoms with E-state index in [0.717, 1.165) is 27.8 Å². The third kappa shape index (κ3) is 7.50. The van der Waals surface area contributed by atoms with Gasteiger partial charge in [0, 0.05) is 24.0 Å².